The van der Waals surface area contributed by atoms with Crippen molar-refractivity contribution in [2.24, 2.45) is 0 Å². The number of halogens is 1. The van der Waals surface area contributed by atoms with E-state index in [2.05, 4.69) is 39.2 Å². The molecule has 1 atom stereocenters. The number of aromatic nitrogens is 1. The molecule has 0 amide bonds. The van der Waals surface area contributed by atoms with Crippen LogP contribution in [0.3, 0.4) is 0 Å². The van der Waals surface area contributed by atoms with E-state index in [1.807, 2.05) is 23.8 Å². The van der Waals surface area contributed by atoms with Gasteiger partial charge in [0.05, 0.1) is 12.6 Å². The van der Waals surface area contributed by atoms with Gasteiger partial charge >= 0.3 is 0 Å². The lowest BCUT2D eigenvalue weighted by Crippen LogP contribution is -2.22. The highest BCUT2D eigenvalue weighted by molar-refractivity contribution is 9.10. The normalized spacial score (nSPS) is 12.4. The summed E-state index contributed by atoms with van der Waals surface area (Å²) < 4.78 is 6.40. The standard InChI is InChI=1S/C14H17BrN2OS/c1-3-17-13(14-8-16-9-19-14)7-10-6-11(18-2)4-5-12(10)15/h4-6,8-9,13,17H,3,7H2,1-2H3. The van der Waals surface area contributed by atoms with Crippen LogP contribution in [0, 0.1) is 0 Å². The SMILES string of the molecule is CCNC(Cc1cc(OC)ccc1Br)c1cncs1. The Labute approximate surface area is 126 Å². The van der Waals surface area contributed by atoms with Gasteiger partial charge in [0, 0.05) is 21.6 Å². The van der Waals surface area contributed by atoms with Gasteiger partial charge < -0.3 is 10.1 Å². The number of nitrogens with zero attached hydrogens (tertiary/aromatic N) is 1. The van der Waals surface area contributed by atoms with Crippen LogP contribution in [0.5, 0.6) is 5.75 Å². The van der Waals surface area contributed by atoms with E-state index in [0.717, 1.165) is 23.2 Å². The number of thiazole rings is 1. The second-order valence-electron chi connectivity index (χ2n) is 4.18. The lowest BCUT2D eigenvalue weighted by Gasteiger charge is -2.17. The number of methoxy groups -OCH3 is 1. The lowest BCUT2D eigenvalue weighted by atomic mass is 10.0. The molecule has 1 aromatic carbocycles. The predicted molar refractivity (Wildman–Crippen MR) is 82.9 cm³/mol. The van der Waals surface area contributed by atoms with Crippen molar-refractivity contribution in [1.82, 2.24) is 10.3 Å². The maximum absolute atomic E-state index is 5.29. The molecule has 0 fully saturated rings. The van der Waals surface area contributed by atoms with Gasteiger partial charge in [-0.2, -0.15) is 0 Å². The summed E-state index contributed by atoms with van der Waals surface area (Å²) in [5.74, 6) is 0.887. The average molecular weight is 341 g/mol. The van der Waals surface area contributed by atoms with Gasteiger partial charge in [0.15, 0.2) is 0 Å². The Kier molecular flexibility index (Phi) is 5.36. The maximum atomic E-state index is 5.29. The lowest BCUT2D eigenvalue weighted by molar-refractivity contribution is 0.413. The van der Waals surface area contributed by atoms with Crippen LogP contribution in [0.25, 0.3) is 0 Å². The summed E-state index contributed by atoms with van der Waals surface area (Å²) in [4.78, 5) is 5.43. The molecule has 5 heteroatoms. The molecule has 0 saturated heterocycles. The van der Waals surface area contributed by atoms with E-state index in [9.17, 15) is 0 Å². The molecule has 1 heterocycles. The van der Waals surface area contributed by atoms with Crippen LogP contribution in [0.1, 0.15) is 23.4 Å². The van der Waals surface area contributed by atoms with Gasteiger partial charge in [0.1, 0.15) is 5.75 Å². The van der Waals surface area contributed by atoms with Crippen molar-refractivity contribution in [3.05, 3.63) is 44.8 Å². The van der Waals surface area contributed by atoms with Crippen LogP contribution in [0.4, 0.5) is 0 Å². The van der Waals surface area contributed by atoms with Gasteiger partial charge in [-0.25, -0.2) is 0 Å². The molecule has 0 saturated carbocycles. The maximum Gasteiger partial charge on any atom is 0.119 e. The summed E-state index contributed by atoms with van der Waals surface area (Å²) in [6, 6.07) is 6.36. The second-order valence-corrected chi connectivity index (χ2v) is 5.95. The van der Waals surface area contributed by atoms with Crippen molar-refractivity contribution in [2.75, 3.05) is 13.7 Å². The van der Waals surface area contributed by atoms with Crippen molar-refractivity contribution in [3.63, 3.8) is 0 Å². The summed E-state index contributed by atoms with van der Waals surface area (Å²) in [5, 5.41) is 3.51. The van der Waals surface area contributed by atoms with Crippen LogP contribution in [-0.2, 0) is 6.42 Å². The van der Waals surface area contributed by atoms with Crippen LogP contribution in [0.15, 0.2) is 34.4 Å². The van der Waals surface area contributed by atoms with E-state index in [0.29, 0.717) is 6.04 Å². The van der Waals surface area contributed by atoms with E-state index in [1.54, 1.807) is 18.4 Å². The highest BCUT2D eigenvalue weighted by Gasteiger charge is 2.15. The third-order valence-electron chi connectivity index (χ3n) is 2.92. The first-order valence-corrected chi connectivity index (χ1v) is 7.86. The molecule has 1 aromatic heterocycles. The minimum Gasteiger partial charge on any atom is -0.497 e. The monoisotopic (exact) mass is 340 g/mol. The van der Waals surface area contributed by atoms with Gasteiger partial charge in [0.25, 0.3) is 0 Å². The fourth-order valence-electron chi connectivity index (χ4n) is 1.97. The molecule has 2 rings (SSSR count). The summed E-state index contributed by atoms with van der Waals surface area (Å²) in [6.45, 7) is 3.05. The Hall–Kier alpha value is -0.910. The molecule has 19 heavy (non-hydrogen) atoms. The Morgan fingerprint density at radius 2 is 2.32 bits per heavy atom. The number of benzene rings is 1. The van der Waals surface area contributed by atoms with E-state index in [4.69, 9.17) is 4.74 Å². The van der Waals surface area contributed by atoms with Crippen LogP contribution >= 0.6 is 27.3 Å². The third kappa shape index (κ3) is 3.78. The van der Waals surface area contributed by atoms with E-state index in [1.165, 1.54) is 10.4 Å². The molecule has 0 aliphatic carbocycles. The number of likely N-dealkylation sites (N-methyl/N-ethyl adjacent to an activating group) is 1. The molecule has 1 unspecified atom stereocenters. The highest BCUT2D eigenvalue weighted by Crippen LogP contribution is 2.28. The third-order valence-corrected chi connectivity index (χ3v) is 4.59. The van der Waals surface area contributed by atoms with Crippen molar-refractivity contribution >= 4 is 27.3 Å². The van der Waals surface area contributed by atoms with Gasteiger partial charge in [-0.05, 0) is 36.7 Å². The molecule has 102 valence electrons. The zero-order valence-corrected chi connectivity index (χ0v) is 13.4. The first-order valence-electron chi connectivity index (χ1n) is 6.18. The second kappa shape index (κ2) is 7.03. The molecule has 1 N–H and O–H groups in total. The Balaban J connectivity index is 2.21. The minimum atomic E-state index is 0.293. The molecule has 0 radical (unpaired) electrons. The fourth-order valence-corrected chi connectivity index (χ4v) is 3.08. The first kappa shape index (κ1) is 14.5. The zero-order chi connectivity index (χ0) is 13.7. The Bertz CT molecular complexity index is 516. The number of nitrogens with one attached hydrogen (secondary N) is 1. The smallest absolute Gasteiger partial charge is 0.119 e. The summed E-state index contributed by atoms with van der Waals surface area (Å²) in [6.07, 6.45) is 2.85. The summed E-state index contributed by atoms with van der Waals surface area (Å²) >= 11 is 5.29. The number of ether oxygens (including phenoxy) is 1. The largest absolute Gasteiger partial charge is 0.497 e. The van der Waals surface area contributed by atoms with Gasteiger partial charge in [-0.15, -0.1) is 11.3 Å². The van der Waals surface area contributed by atoms with Crippen LogP contribution in [0.2, 0.25) is 0 Å². The molecule has 3 nitrogen and oxygen atoms in total. The Morgan fingerprint density at radius 3 is 2.95 bits per heavy atom. The highest BCUT2D eigenvalue weighted by atomic mass is 79.9. The van der Waals surface area contributed by atoms with Crippen molar-refractivity contribution in [2.45, 2.75) is 19.4 Å². The molecule has 2 aromatic rings. The molecule has 0 bridgehead atoms. The van der Waals surface area contributed by atoms with Gasteiger partial charge in [-0.3, -0.25) is 4.98 Å². The molecule has 0 spiro atoms. The van der Waals surface area contributed by atoms with E-state index >= 15 is 0 Å². The van der Waals surface area contributed by atoms with Crippen molar-refractivity contribution in [3.8, 4) is 5.75 Å². The van der Waals surface area contributed by atoms with Crippen LogP contribution < -0.4 is 10.1 Å². The molecular weight excluding hydrogens is 324 g/mol. The van der Waals surface area contributed by atoms with E-state index < -0.39 is 0 Å². The summed E-state index contributed by atoms with van der Waals surface area (Å²) in [7, 11) is 1.69. The zero-order valence-electron chi connectivity index (χ0n) is 11.0. The van der Waals surface area contributed by atoms with Crippen molar-refractivity contribution in [1.29, 1.82) is 0 Å². The quantitative estimate of drug-likeness (QED) is 0.868. The first-order chi connectivity index (χ1) is 9.24. The van der Waals surface area contributed by atoms with E-state index in [-0.39, 0.29) is 0 Å². The van der Waals surface area contributed by atoms with Crippen LogP contribution in [-0.4, -0.2) is 18.6 Å². The number of hydrogen-bond donors (Lipinski definition) is 1. The fraction of sp³-hybridized carbons (Fsp3) is 0.357. The Morgan fingerprint density at radius 1 is 1.47 bits per heavy atom. The minimum absolute atomic E-state index is 0.293. The predicted octanol–water partition coefficient (Wildman–Crippen LogP) is 3.81. The molecule has 0 aliphatic rings. The van der Waals surface area contributed by atoms with Gasteiger partial charge in [0.2, 0.25) is 0 Å². The van der Waals surface area contributed by atoms with Gasteiger partial charge in [-0.1, -0.05) is 22.9 Å². The number of hydrogen-bond acceptors (Lipinski definition) is 4. The summed E-state index contributed by atoms with van der Waals surface area (Å²) in [5.41, 5.74) is 3.11. The number of rotatable bonds is 6. The molecule has 0 aliphatic heterocycles. The van der Waals surface area contributed by atoms with Crippen molar-refractivity contribution < 1.29 is 4.74 Å². The topological polar surface area (TPSA) is 34.1 Å². The molecular formula is C14H17BrN2OS. The average Bonchev–Trinajstić information content (AvgIpc) is 2.94.